The van der Waals surface area contributed by atoms with Gasteiger partial charge in [0.05, 0.1) is 23.0 Å². The van der Waals surface area contributed by atoms with Gasteiger partial charge in [0.1, 0.15) is 17.7 Å². The third kappa shape index (κ3) is 4.24. The first kappa shape index (κ1) is 19.6. The van der Waals surface area contributed by atoms with E-state index in [4.69, 9.17) is 11.6 Å². The lowest BCUT2D eigenvalue weighted by Gasteiger charge is -2.35. The van der Waals surface area contributed by atoms with Crippen LogP contribution in [0.1, 0.15) is 18.2 Å². The lowest BCUT2D eigenvalue weighted by molar-refractivity contribution is -0.120. The first-order valence-electron chi connectivity index (χ1n) is 7.80. The van der Waals surface area contributed by atoms with E-state index in [9.17, 15) is 22.0 Å². The van der Waals surface area contributed by atoms with Crippen LogP contribution in [0.5, 0.6) is 0 Å². The van der Waals surface area contributed by atoms with Gasteiger partial charge in [-0.15, -0.1) is 0 Å². The lowest BCUT2D eigenvalue weighted by Crippen LogP contribution is -2.56. The second-order valence-corrected chi connectivity index (χ2v) is 8.13. The Kier molecular flexibility index (Phi) is 5.43. The number of aromatic nitrogens is 1. The number of nitrogens with zero attached hydrogens (tertiary/aromatic N) is 2. The van der Waals surface area contributed by atoms with Crippen molar-refractivity contribution in [3.8, 4) is 0 Å². The third-order valence-electron chi connectivity index (χ3n) is 4.17. The second kappa shape index (κ2) is 7.47. The van der Waals surface area contributed by atoms with E-state index >= 15 is 0 Å². The number of hydrogen-bond donors (Lipinski definition) is 2. The number of carbonyl (C=O) groups is 1. The van der Waals surface area contributed by atoms with Crippen LogP contribution in [0.15, 0.2) is 36.5 Å². The van der Waals surface area contributed by atoms with Crippen molar-refractivity contribution in [1.82, 2.24) is 14.0 Å². The van der Waals surface area contributed by atoms with E-state index in [0.29, 0.717) is 0 Å². The zero-order valence-electron chi connectivity index (χ0n) is 14.0. The van der Waals surface area contributed by atoms with E-state index in [1.807, 2.05) is 0 Å². The van der Waals surface area contributed by atoms with Gasteiger partial charge in [0.15, 0.2) is 0 Å². The minimum Gasteiger partial charge on any atom is -0.325 e. The molecule has 0 saturated carbocycles. The summed E-state index contributed by atoms with van der Waals surface area (Å²) in [4.78, 5) is 16.5. The standard InChI is InChI=1S/C16H15ClF2N4O3S/c1-23-15(16(24)21-10-3-4-12(19)11(17)6-10)7-14(22-27(23,25)26)13-5-2-9(18)8-20-13/h2-6,8,14-15,22H,7H2,1H3,(H,21,24)/t14-,15+/m0/s1. The Hall–Kier alpha value is -2.14. The van der Waals surface area contributed by atoms with Crippen molar-refractivity contribution in [2.45, 2.75) is 18.5 Å². The maximum atomic E-state index is 13.2. The van der Waals surface area contributed by atoms with Crippen molar-refractivity contribution in [2.75, 3.05) is 12.4 Å². The maximum absolute atomic E-state index is 13.2. The fourth-order valence-corrected chi connectivity index (χ4v) is 4.14. The summed E-state index contributed by atoms with van der Waals surface area (Å²) in [6.45, 7) is 0. The number of benzene rings is 1. The molecule has 7 nitrogen and oxygen atoms in total. The van der Waals surface area contributed by atoms with Crippen molar-refractivity contribution in [3.63, 3.8) is 0 Å². The molecule has 11 heteroatoms. The van der Waals surface area contributed by atoms with Gasteiger partial charge in [0.25, 0.3) is 10.2 Å². The number of anilines is 1. The Balaban J connectivity index is 1.84. The highest BCUT2D eigenvalue weighted by Gasteiger charge is 2.41. The highest BCUT2D eigenvalue weighted by molar-refractivity contribution is 7.87. The van der Waals surface area contributed by atoms with Gasteiger partial charge in [-0.1, -0.05) is 11.6 Å². The van der Waals surface area contributed by atoms with E-state index in [2.05, 4.69) is 15.0 Å². The zero-order valence-corrected chi connectivity index (χ0v) is 15.6. The topological polar surface area (TPSA) is 91.4 Å². The van der Waals surface area contributed by atoms with Crippen molar-refractivity contribution in [3.05, 3.63) is 58.9 Å². The Bertz CT molecular complexity index is 972. The number of nitrogens with one attached hydrogen (secondary N) is 2. The minimum absolute atomic E-state index is 0.0646. The summed E-state index contributed by atoms with van der Waals surface area (Å²) in [6, 6.07) is 4.27. The number of carbonyl (C=O) groups excluding carboxylic acids is 1. The van der Waals surface area contributed by atoms with Crippen molar-refractivity contribution in [2.24, 2.45) is 0 Å². The first-order chi connectivity index (χ1) is 12.7. The fourth-order valence-electron chi connectivity index (χ4n) is 2.70. The molecule has 1 aromatic heterocycles. The van der Waals surface area contributed by atoms with Crippen LogP contribution < -0.4 is 10.0 Å². The van der Waals surface area contributed by atoms with E-state index in [1.165, 1.54) is 25.2 Å². The molecule has 2 heterocycles. The Labute approximate surface area is 159 Å². The van der Waals surface area contributed by atoms with Crippen LogP contribution in [0.25, 0.3) is 0 Å². The minimum atomic E-state index is -3.97. The molecule has 3 rings (SSSR count). The number of amides is 1. The Morgan fingerprint density at radius 2 is 2.07 bits per heavy atom. The molecule has 0 bridgehead atoms. The van der Waals surface area contributed by atoms with Crippen LogP contribution in [0.3, 0.4) is 0 Å². The highest BCUT2D eigenvalue weighted by atomic mass is 35.5. The van der Waals surface area contributed by atoms with Crippen molar-refractivity contribution >= 4 is 33.4 Å². The van der Waals surface area contributed by atoms with Gasteiger partial charge in [-0.05, 0) is 36.8 Å². The van der Waals surface area contributed by atoms with E-state index < -0.39 is 39.8 Å². The molecule has 1 amide bonds. The molecule has 27 heavy (non-hydrogen) atoms. The monoisotopic (exact) mass is 416 g/mol. The Morgan fingerprint density at radius 3 is 2.70 bits per heavy atom. The molecule has 2 aromatic rings. The number of likely N-dealkylation sites (N-methyl/N-ethyl adjacent to an activating group) is 1. The number of hydrogen-bond acceptors (Lipinski definition) is 4. The third-order valence-corrected chi connectivity index (χ3v) is 6.05. The summed E-state index contributed by atoms with van der Waals surface area (Å²) in [5, 5.41) is 2.35. The van der Waals surface area contributed by atoms with Gasteiger partial charge in [0.2, 0.25) is 5.91 Å². The molecular formula is C16H15ClF2N4O3S. The van der Waals surface area contributed by atoms with Gasteiger partial charge in [-0.2, -0.15) is 17.4 Å². The molecule has 0 radical (unpaired) electrons. The van der Waals surface area contributed by atoms with E-state index in [1.54, 1.807) is 0 Å². The SMILES string of the molecule is CN1[C@@H](C(=O)Nc2ccc(F)c(Cl)c2)C[C@@H](c2ccc(F)cn2)NS1(=O)=O. The average molecular weight is 417 g/mol. The summed E-state index contributed by atoms with van der Waals surface area (Å²) in [6.07, 6.45) is 1.03. The lowest BCUT2D eigenvalue weighted by atomic mass is 10.0. The van der Waals surface area contributed by atoms with Gasteiger partial charge in [-0.25, -0.2) is 8.78 Å². The quantitative estimate of drug-likeness (QED) is 0.802. The summed E-state index contributed by atoms with van der Waals surface area (Å²) < 4.78 is 54.3. The van der Waals surface area contributed by atoms with Crippen LogP contribution in [0.4, 0.5) is 14.5 Å². The molecule has 0 spiro atoms. The maximum Gasteiger partial charge on any atom is 0.280 e. The molecule has 1 aliphatic rings. The number of halogens is 3. The largest absolute Gasteiger partial charge is 0.325 e. The van der Waals surface area contributed by atoms with Crippen LogP contribution in [0, 0.1) is 11.6 Å². The molecule has 1 aliphatic heterocycles. The molecule has 1 fully saturated rings. The molecule has 1 aromatic carbocycles. The molecule has 0 aliphatic carbocycles. The second-order valence-electron chi connectivity index (χ2n) is 5.96. The van der Waals surface area contributed by atoms with E-state index in [-0.39, 0.29) is 22.8 Å². The summed E-state index contributed by atoms with van der Waals surface area (Å²) >= 11 is 5.69. The van der Waals surface area contributed by atoms with Gasteiger partial charge < -0.3 is 5.32 Å². The molecular weight excluding hydrogens is 402 g/mol. The predicted octanol–water partition coefficient (Wildman–Crippen LogP) is 2.23. The summed E-state index contributed by atoms with van der Waals surface area (Å²) in [7, 11) is -2.71. The van der Waals surface area contributed by atoms with Crippen LogP contribution in [-0.4, -0.2) is 36.7 Å². The first-order valence-corrected chi connectivity index (χ1v) is 9.62. The molecule has 2 atom stereocenters. The van der Waals surface area contributed by atoms with Gasteiger partial charge in [-0.3, -0.25) is 9.78 Å². The normalized spacial score (nSPS) is 22.4. The number of rotatable bonds is 3. The van der Waals surface area contributed by atoms with Crippen LogP contribution >= 0.6 is 11.6 Å². The molecule has 2 N–H and O–H groups in total. The molecule has 144 valence electrons. The summed E-state index contributed by atoms with van der Waals surface area (Å²) in [5.74, 6) is -1.81. The predicted molar refractivity (Wildman–Crippen MR) is 95.2 cm³/mol. The fraction of sp³-hybridized carbons (Fsp3) is 0.250. The average Bonchev–Trinajstić information content (AvgIpc) is 2.61. The zero-order chi connectivity index (χ0) is 19.8. The van der Waals surface area contributed by atoms with Crippen LogP contribution in [-0.2, 0) is 15.0 Å². The molecule has 0 unspecified atom stereocenters. The van der Waals surface area contributed by atoms with E-state index in [0.717, 1.165) is 22.6 Å². The van der Waals surface area contributed by atoms with Gasteiger partial charge >= 0.3 is 0 Å². The summed E-state index contributed by atoms with van der Waals surface area (Å²) in [5.41, 5.74) is 0.517. The van der Waals surface area contributed by atoms with Crippen molar-refractivity contribution in [1.29, 1.82) is 0 Å². The van der Waals surface area contributed by atoms with Crippen LogP contribution in [0.2, 0.25) is 5.02 Å². The molecule has 1 saturated heterocycles. The van der Waals surface area contributed by atoms with Gasteiger partial charge in [0, 0.05) is 12.7 Å². The smallest absolute Gasteiger partial charge is 0.280 e. The highest BCUT2D eigenvalue weighted by Crippen LogP contribution is 2.28. The Morgan fingerprint density at radius 1 is 1.33 bits per heavy atom. The number of pyridine rings is 1. The van der Waals surface area contributed by atoms with Crippen molar-refractivity contribution < 1.29 is 22.0 Å².